The van der Waals surface area contributed by atoms with Gasteiger partial charge in [-0.1, -0.05) is 25.0 Å². The maximum Gasteiger partial charge on any atom is 0.416 e. The van der Waals surface area contributed by atoms with Gasteiger partial charge in [-0.25, -0.2) is 0 Å². The topological polar surface area (TPSA) is 53.0 Å². The molecule has 2 aromatic rings. The summed E-state index contributed by atoms with van der Waals surface area (Å²) in [7, 11) is 1.72. The summed E-state index contributed by atoms with van der Waals surface area (Å²) in [4.78, 5) is 17.4. The van der Waals surface area contributed by atoms with Gasteiger partial charge in [-0.2, -0.15) is 13.2 Å². The minimum absolute atomic E-state index is 0.114. The second kappa shape index (κ2) is 8.79. The number of alkyl halides is 3. The number of amides is 1. The van der Waals surface area contributed by atoms with Gasteiger partial charge in [0, 0.05) is 42.1 Å². The molecule has 2 heterocycles. The second-order valence-corrected chi connectivity index (χ2v) is 11.5. The third kappa shape index (κ3) is 3.62. The van der Waals surface area contributed by atoms with Crippen molar-refractivity contribution in [2.24, 2.45) is 5.41 Å². The Hall–Kier alpha value is -3.44. The molecule has 8 heteroatoms. The number of rotatable bonds is 3. The van der Waals surface area contributed by atoms with E-state index >= 15 is 0 Å². The van der Waals surface area contributed by atoms with E-state index < -0.39 is 17.6 Å². The third-order valence-corrected chi connectivity index (χ3v) is 9.82. The molecule has 0 radical (unpaired) electrons. The van der Waals surface area contributed by atoms with Crippen LogP contribution in [0.15, 0.2) is 49.1 Å². The molecule has 1 saturated heterocycles. The average Bonchev–Trinajstić information content (AvgIpc) is 3.25. The van der Waals surface area contributed by atoms with Crippen molar-refractivity contribution < 1.29 is 27.8 Å². The minimum atomic E-state index is -4.43. The van der Waals surface area contributed by atoms with Gasteiger partial charge in [0.15, 0.2) is 11.5 Å². The van der Waals surface area contributed by atoms with E-state index in [9.17, 15) is 23.1 Å². The molecule has 2 aromatic carbocycles. The Kier molecular flexibility index (Phi) is 5.82. The smallest absolute Gasteiger partial charge is 0.416 e. The van der Waals surface area contributed by atoms with Crippen LogP contribution < -0.4 is 4.74 Å². The number of nitrogens with zero attached hydrogens (tertiary/aromatic N) is 2. The number of likely N-dealkylation sites (N-methyl/N-ethyl adjacent to an activating group) is 1. The van der Waals surface area contributed by atoms with Crippen molar-refractivity contribution in [3.05, 3.63) is 71.3 Å². The predicted octanol–water partition coefficient (Wildman–Crippen LogP) is 4.91. The molecule has 0 aromatic heterocycles. The highest BCUT2D eigenvalue weighted by molar-refractivity contribution is 5.94. The normalized spacial score (nSPS) is 30.4. The Morgan fingerprint density at radius 2 is 2.00 bits per heavy atom. The molecule has 5 nitrogen and oxygen atoms in total. The summed E-state index contributed by atoms with van der Waals surface area (Å²) in [5.74, 6) is 5.60. The SMILES string of the molecule is C=CCN1CC[C@]23c4c5ccc(O)c4O[C@H]2[C@@H](N(C)C(=O)C#Cc2ccc(C(F)(F)F)cc2)CC[C@@]3(C)[C@H]1C5. The number of benzene rings is 2. The highest BCUT2D eigenvalue weighted by Gasteiger charge is 2.71. The van der Waals surface area contributed by atoms with E-state index in [-0.39, 0.29) is 28.7 Å². The number of hydrogen-bond donors (Lipinski definition) is 1. The Labute approximate surface area is 226 Å². The minimum Gasteiger partial charge on any atom is -0.504 e. The molecular weight excluding hydrogens is 505 g/mol. The zero-order valence-corrected chi connectivity index (χ0v) is 22.0. The van der Waals surface area contributed by atoms with Crippen molar-refractivity contribution in [3.63, 3.8) is 0 Å². The van der Waals surface area contributed by atoms with Crippen LogP contribution in [-0.2, 0) is 22.8 Å². The number of phenolic OH excluding ortho intramolecular Hbond substituents is 1. The molecule has 1 saturated carbocycles. The van der Waals surface area contributed by atoms with Crippen LogP contribution in [0, 0.1) is 17.3 Å². The highest BCUT2D eigenvalue weighted by atomic mass is 19.4. The Balaban J connectivity index is 1.33. The lowest BCUT2D eigenvalue weighted by Gasteiger charge is -2.66. The van der Waals surface area contributed by atoms with E-state index in [1.807, 2.05) is 12.1 Å². The summed E-state index contributed by atoms with van der Waals surface area (Å²) >= 11 is 0. The quantitative estimate of drug-likeness (QED) is 0.448. The number of hydrogen-bond acceptors (Lipinski definition) is 4. The molecule has 2 fully saturated rings. The molecule has 6 rings (SSSR count). The molecule has 5 atom stereocenters. The van der Waals surface area contributed by atoms with E-state index in [0.29, 0.717) is 17.4 Å². The first kappa shape index (κ1) is 25.8. The van der Waals surface area contributed by atoms with Gasteiger partial charge in [0.2, 0.25) is 0 Å². The second-order valence-electron chi connectivity index (χ2n) is 11.5. The number of halogens is 3. The van der Waals surface area contributed by atoms with Crippen molar-refractivity contribution in [3.8, 4) is 23.3 Å². The molecular formula is C31H31F3N2O3. The van der Waals surface area contributed by atoms with Crippen molar-refractivity contribution in [2.75, 3.05) is 20.1 Å². The van der Waals surface area contributed by atoms with Crippen molar-refractivity contribution >= 4 is 5.91 Å². The fourth-order valence-electron chi connectivity index (χ4n) is 7.95. The van der Waals surface area contributed by atoms with Gasteiger partial charge in [-0.3, -0.25) is 9.69 Å². The zero-order valence-electron chi connectivity index (χ0n) is 22.0. The standard InChI is InChI=1S/C31H31F3N2O3/c1-4-16-36-17-15-30-26-20-8-11-23(37)27(26)39-28(30)22(13-14-29(30,2)24(36)18-20)35(3)25(38)12-7-19-5-9-21(10-6-19)31(32,33)34/h4-6,8-11,22,24,28,37H,1,13-18H2,2-3H3/t22-,24+,28-,29-,30-/m0/s1. The van der Waals surface area contributed by atoms with E-state index in [0.717, 1.165) is 56.5 Å². The molecule has 0 unspecified atom stereocenters. The van der Waals surface area contributed by atoms with Crippen LogP contribution in [0.5, 0.6) is 11.5 Å². The van der Waals surface area contributed by atoms with Gasteiger partial charge in [-0.15, -0.1) is 6.58 Å². The number of phenols is 1. The fourth-order valence-corrected chi connectivity index (χ4v) is 7.95. The van der Waals surface area contributed by atoms with Gasteiger partial charge in [0.05, 0.1) is 11.6 Å². The van der Waals surface area contributed by atoms with Crippen LogP contribution in [0.3, 0.4) is 0 Å². The molecule has 1 amide bonds. The van der Waals surface area contributed by atoms with E-state index in [4.69, 9.17) is 4.74 Å². The first-order valence-electron chi connectivity index (χ1n) is 13.3. The Bertz CT molecular complexity index is 1410. The van der Waals surface area contributed by atoms with Crippen molar-refractivity contribution in [1.29, 1.82) is 0 Å². The van der Waals surface area contributed by atoms with Gasteiger partial charge < -0.3 is 14.7 Å². The molecule has 2 aliphatic heterocycles. The van der Waals surface area contributed by atoms with Gasteiger partial charge in [0.1, 0.15) is 6.10 Å². The predicted molar refractivity (Wildman–Crippen MR) is 140 cm³/mol. The molecule has 1 spiro atoms. The molecule has 204 valence electrons. The summed E-state index contributed by atoms with van der Waals surface area (Å²) in [5, 5.41) is 10.8. The van der Waals surface area contributed by atoms with Crippen molar-refractivity contribution in [1.82, 2.24) is 9.80 Å². The van der Waals surface area contributed by atoms with Gasteiger partial charge >= 0.3 is 6.18 Å². The molecule has 1 N–H and O–H groups in total. The van der Waals surface area contributed by atoms with Crippen LogP contribution in [0.25, 0.3) is 0 Å². The Morgan fingerprint density at radius 3 is 2.69 bits per heavy atom. The van der Waals surface area contributed by atoms with Crippen LogP contribution in [0.1, 0.15) is 48.4 Å². The number of carbonyl (C=O) groups is 1. The van der Waals surface area contributed by atoms with Crippen LogP contribution in [0.2, 0.25) is 0 Å². The molecule has 2 aliphatic carbocycles. The monoisotopic (exact) mass is 536 g/mol. The largest absolute Gasteiger partial charge is 0.504 e. The first-order chi connectivity index (χ1) is 18.5. The third-order valence-electron chi connectivity index (χ3n) is 9.82. The first-order valence-corrected chi connectivity index (χ1v) is 13.3. The van der Waals surface area contributed by atoms with Crippen molar-refractivity contribution in [2.45, 2.75) is 62.4 Å². The number of carbonyl (C=O) groups excluding carboxylic acids is 1. The lowest BCUT2D eigenvalue weighted by Crippen LogP contribution is -2.73. The van der Waals surface area contributed by atoms with Crippen LogP contribution in [0.4, 0.5) is 13.2 Å². The Morgan fingerprint density at radius 1 is 1.26 bits per heavy atom. The number of aromatic hydroxyl groups is 1. The number of likely N-dealkylation sites (tertiary alicyclic amines) is 1. The van der Waals surface area contributed by atoms with Gasteiger partial charge in [0.25, 0.3) is 5.91 Å². The van der Waals surface area contributed by atoms with Crippen LogP contribution >= 0.6 is 0 Å². The summed E-state index contributed by atoms with van der Waals surface area (Å²) in [6.45, 7) is 7.99. The summed E-state index contributed by atoms with van der Waals surface area (Å²) in [6.07, 6.45) is 0.512. The maximum absolute atomic E-state index is 13.3. The number of piperidine rings is 1. The highest BCUT2D eigenvalue weighted by Crippen LogP contribution is 2.69. The molecule has 4 aliphatic rings. The summed E-state index contributed by atoms with van der Waals surface area (Å²) < 4.78 is 45.3. The van der Waals surface area contributed by atoms with Crippen LogP contribution in [-0.4, -0.2) is 59.1 Å². The van der Waals surface area contributed by atoms with E-state index in [2.05, 4.69) is 30.2 Å². The zero-order chi connectivity index (χ0) is 27.7. The van der Waals surface area contributed by atoms with E-state index in [1.54, 1.807) is 18.0 Å². The number of ether oxygens (including phenoxy) is 1. The lowest BCUT2D eigenvalue weighted by molar-refractivity contribution is -0.148. The molecule has 39 heavy (non-hydrogen) atoms. The summed E-state index contributed by atoms with van der Waals surface area (Å²) in [6, 6.07) is 8.22. The lowest BCUT2D eigenvalue weighted by atomic mass is 9.43. The maximum atomic E-state index is 13.3. The van der Waals surface area contributed by atoms with Gasteiger partial charge in [-0.05, 0) is 73.5 Å². The van der Waals surface area contributed by atoms with E-state index in [1.165, 1.54) is 17.7 Å². The fraction of sp³-hybridized carbons (Fsp3) is 0.452. The molecule has 2 bridgehead atoms. The summed E-state index contributed by atoms with van der Waals surface area (Å²) in [5.41, 5.74) is 1.41. The average molecular weight is 537 g/mol.